The summed E-state index contributed by atoms with van der Waals surface area (Å²) in [4.78, 5) is 18.8. The number of carbonyl (C=O) groups is 1. The predicted molar refractivity (Wildman–Crippen MR) is 103 cm³/mol. The van der Waals surface area contributed by atoms with Crippen molar-refractivity contribution < 1.29 is 19.0 Å². The quantitative estimate of drug-likeness (QED) is 0.424. The van der Waals surface area contributed by atoms with E-state index in [2.05, 4.69) is 9.88 Å². The maximum Gasteiger partial charge on any atom is 0.341 e. The van der Waals surface area contributed by atoms with E-state index >= 15 is 0 Å². The van der Waals surface area contributed by atoms with Crippen LogP contribution in [0.5, 0.6) is 5.88 Å². The summed E-state index contributed by atoms with van der Waals surface area (Å²) in [7, 11) is 2.84. The molecule has 0 spiro atoms. The Kier molecular flexibility index (Phi) is 6.30. The van der Waals surface area contributed by atoms with Crippen molar-refractivity contribution in [2.45, 2.75) is 19.4 Å². The maximum absolute atomic E-state index is 12.1. The molecule has 6 heteroatoms. The number of esters is 1. The molecule has 142 valence electrons. The molecule has 0 saturated carbocycles. The van der Waals surface area contributed by atoms with E-state index in [-0.39, 0.29) is 6.61 Å². The van der Waals surface area contributed by atoms with Crippen LogP contribution in [0, 0.1) is 0 Å². The Hall–Kier alpha value is -3.02. The number of aromatic nitrogens is 1. The molecule has 1 fully saturated rings. The van der Waals surface area contributed by atoms with E-state index in [0.29, 0.717) is 17.0 Å². The van der Waals surface area contributed by atoms with Gasteiger partial charge in [-0.1, -0.05) is 24.3 Å². The average molecular weight is 368 g/mol. The minimum Gasteiger partial charge on any atom is -0.503 e. The molecule has 27 heavy (non-hydrogen) atoms. The highest BCUT2D eigenvalue weighted by Crippen LogP contribution is 2.24. The number of hydrogen-bond acceptors (Lipinski definition) is 6. The van der Waals surface area contributed by atoms with E-state index in [1.807, 2.05) is 42.6 Å². The first kappa shape index (κ1) is 18.8. The zero-order chi connectivity index (χ0) is 19.1. The van der Waals surface area contributed by atoms with E-state index in [4.69, 9.17) is 14.2 Å². The number of anilines is 1. The first-order valence-corrected chi connectivity index (χ1v) is 8.96. The fourth-order valence-electron chi connectivity index (χ4n) is 3.13. The zero-order valence-electron chi connectivity index (χ0n) is 15.7. The Morgan fingerprint density at radius 1 is 1.15 bits per heavy atom. The maximum atomic E-state index is 12.1. The van der Waals surface area contributed by atoms with Crippen molar-refractivity contribution in [1.29, 1.82) is 0 Å². The van der Waals surface area contributed by atoms with Gasteiger partial charge in [0.05, 0.1) is 32.4 Å². The summed E-state index contributed by atoms with van der Waals surface area (Å²) >= 11 is 0. The van der Waals surface area contributed by atoms with Gasteiger partial charge in [0.1, 0.15) is 12.2 Å². The lowest BCUT2D eigenvalue weighted by Crippen LogP contribution is -2.17. The lowest BCUT2D eigenvalue weighted by atomic mass is 10.0. The smallest absolute Gasteiger partial charge is 0.341 e. The van der Waals surface area contributed by atoms with Gasteiger partial charge in [-0.15, -0.1) is 0 Å². The van der Waals surface area contributed by atoms with Crippen molar-refractivity contribution >= 4 is 17.2 Å². The van der Waals surface area contributed by atoms with Gasteiger partial charge in [-0.3, -0.25) is 0 Å². The second-order valence-corrected chi connectivity index (χ2v) is 6.25. The highest BCUT2D eigenvalue weighted by molar-refractivity contribution is 6.16. The van der Waals surface area contributed by atoms with Crippen LogP contribution in [0.1, 0.15) is 24.0 Å². The van der Waals surface area contributed by atoms with Gasteiger partial charge in [0.2, 0.25) is 5.88 Å². The summed E-state index contributed by atoms with van der Waals surface area (Å²) in [5, 5.41) is 0. The lowest BCUT2D eigenvalue weighted by Gasteiger charge is -2.17. The SMILES string of the molecule is CO/C=C(/C(=O)OC)c1ccccc1COc1ccc(N2CCCC2)cn1. The molecule has 0 radical (unpaired) electrons. The fourth-order valence-corrected chi connectivity index (χ4v) is 3.13. The molecule has 1 saturated heterocycles. The second-order valence-electron chi connectivity index (χ2n) is 6.25. The number of methoxy groups -OCH3 is 2. The fraction of sp³-hybridized carbons (Fsp3) is 0.333. The Morgan fingerprint density at radius 3 is 2.59 bits per heavy atom. The molecule has 1 aromatic heterocycles. The van der Waals surface area contributed by atoms with Crippen LogP contribution in [0.2, 0.25) is 0 Å². The monoisotopic (exact) mass is 368 g/mol. The topological polar surface area (TPSA) is 60.9 Å². The first-order chi connectivity index (χ1) is 13.2. The Labute approximate surface area is 159 Å². The number of benzene rings is 1. The molecule has 3 rings (SSSR count). The molecule has 2 aromatic rings. The summed E-state index contributed by atoms with van der Waals surface area (Å²) in [5.74, 6) is 0.0838. The molecule has 6 nitrogen and oxygen atoms in total. The molecule has 1 aliphatic rings. The number of ether oxygens (including phenoxy) is 3. The molecule has 0 amide bonds. The third-order valence-electron chi connectivity index (χ3n) is 4.52. The van der Waals surface area contributed by atoms with Crippen molar-refractivity contribution in [3.63, 3.8) is 0 Å². The van der Waals surface area contributed by atoms with Crippen LogP contribution in [-0.4, -0.2) is 38.3 Å². The van der Waals surface area contributed by atoms with Crippen LogP contribution in [-0.2, 0) is 20.9 Å². The largest absolute Gasteiger partial charge is 0.503 e. The van der Waals surface area contributed by atoms with Gasteiger partial charge in [0.15, 0.2) is 0 Å². The third-order valence-corrected chi connectivity index (χ3v) is 4.52. The Morgan fingerprint density at radius 2 is 1.93 bits per heavy atom. The lowest BCUT2D eigenvalue weighted by molar-refractivity contribution is -0.133. The van der Waals surface area contributed by atoms with E-state index in [0.717, 1.165) is 24.3 Å². The third kappa shape index (κ3) is 4.58. The summed E-state index contributed by atoms with van der Waals surface area (Å²) < 4.78 is 15.7. The van der Waals surface area contributed by atoms with Gasteiger partial charge in [-0.2, -0.15) is 0 Å². The number of hydrogen-bond donors (Lipinski definition) is 0. The van der Waals surface area contributed by atoms with Crippen LogP contribution in [0.4, 0.5) is 5.69 Å². The van der Waals surface area contributed by atoms with Gasteiger partial charge >= 0.3 is 5.97 Å². The highest BCUT2D eigenvalue weighted by atomic mass is 16.5. The van der Waals surface area contributed by atoms with Gasteiger partial charge in [-0.05, 0) is 30.0 Å². The van der Waals surface area contributed by atoms with Gasteiger partial charge in [-0.25, -0.2) is 9.78 Å². The summed E-state index contributed by atoms with van der Waals surface area (Å²) in [6.45, 7) is 2.44. The van der Waals surface area contributed by atoms with E-state index in [1.54, 1.807) is 0 Å². The van der Waals surface area contributed by atoms with Crippen molar-refractivity contribution in [2.24, 2.45) is 0 Å². The first-order valence-electron chi connectivity index (χ1n) is 8.96. The highest BCUT2D eigenvalue weighted by Gasteiger charge is 2.17. The van der Waals surface area contributed by atoms with Crippen molar-refractivity contribution in [3.05, 3.63) is 60.0 Å². The van der Waals surface area contributed by atoms with E-state index < -0.39 is 5.97 Å². The Balaban J connectivity index is 1.72. The minimum absolute atomic E-state index is 0.282. The summed E-state index contributed by atoms with van der Waals surface area (Å²) in [6, 6.07) is 11.4. The molecule has 1 aromatic carbocycles. The van der Waals surface area contributed by atoms with Crippen molar-refractivity contribution in [3.8, 4) is 5.88 Å². The predicted octanol–water partition coefficient (Wildman–Crippen LogP) is 3.42. The molecule has 0 unspecified atom stereocenters. The number of pyridine rings is 1. The van der Waals surface area contributed by atoms with E-state index in [9.17, 15) is 4.79 Å². The summed E-state index contributed by atoms with van der Waals surface area (Å²) in [6.07, 6.45) is 5.68. The van der Waals surface area contributed by atoms with Crippen LogP contribution < -0.4 is 9.64 Å². The molecule has 0 aliphatic carbocycles. The molecular formula is C21H24N2O4. The van der Waals surface area contributed by atoms with Crippen LogP contribution in [0.3, 0.4) is 0 Å². The molecule has 1 aliphatic heterocycles. The van der Waals surface area contributed by atoms with Gasteiger partial charge < -0.3 is 19.1 Å². The molecular weight excluding hydrogens is 344 g/mol. The minimum atomic E-state index is -0.461. The zero-order valence-corrected chi connectivity index (χ0v) is 15.7. The molecule has 2 heterocycles. The molecule has 0 bridgehead atoms. The molecule has 0 N–H and O–H groups in total. The average Bonchev–Trinajstić information content (AvgIpc) is 3.25. The summed E-state index contributed by atoms with van der Waals surface area (Å²) in [5.41, 5.74) is 3.02. The second kappa shape index (κ2) is 9.07. The van der Waals surface area contributed by atoms with Crippen molar-refractivity contribution in [2.75, 3.05) is 32.2 Å². The number of carbonyl (C=O) groups excluding carboxylic acids is 1. The van der Waals surface area contributed by atoms with Crippen LogP contribution >= 0.6 is 0 Å². The van der Waals surface area contributed by atoms with E-state index in [1.165, 1.54) is 33.3 Å². The number of rotatable bonds is 7. The molecule has 0 atom stereocenters. The van der Waals surface area contributed by atoms with Gasteiger partial charge in [0.25, 0.3) is 0 Å². The normalized spacial score (nSPS) is 14.1. The van der Waals surface area contributed by atoms with Crippen molar-refractivity contribution in [1.82, 2.24) is 4.98 Å². The Bertz CT molecular complexity index is 796. The van der Waals surface area contributed by atoms with Crippen LogP contribution in [0.25, 0.3) is 5.57 Å². The number of nitrogens with zero attached hydrogens (tertiary/aromatic N) is 2. The standard InChI is InChI=1S/C21H24N2O4/c1-25-15-19(21(24)26-2)18-8-4-3-7-16(18)14-27-20-10-9-17(13-22-20)23-11-5-6-12-23/h3-4,7-10,13,15H,5-6,11-12,14H2,1-2H3/b19-15+. The van der Waals surface area contributed by atoms with Gasteiger partial charge in [0, 0.05) is 19.2 Å². The van der Waals surface area contributed by atoms with Crippen LogP contribution in [0.15, 0.2) is 48.9 Å².